The molecule has 84 valence electrons. The maximum Gasteiger partial charge on any atom is 1.00 e. The third-order valence-corrected chi connectivity index (χ3v) is 1.99. The molecule has 1 nitrogen and oxygen atoms in total. The molecule has 0 N–H and O–H groups in total. The van der Waals surface area contributed by atoms with Gasteiger partial charge in [0.05, 0.1) is 6.61 Å². The molecule has 0 aliphatic carbocycles. The number of halogens is 3. The molecule has 1 aromatic carbocycles. The zero-order valence-corrected chi connectivity index (χ0v) is 12.7. The van der Waals surface area contributed by atoms with Crippen LogP contribution in [-0.4, -0.2) is 13.6 Å². The molecule has 0 saturated heterocycles. The Hall–Kier alpha value is 0.511. The molecule has 1 aromatic rings. The predicted octanol–water partition coefficient (Wildman–Crippen LogP) is 0.479. The summed E-state index contributed by atoms with van der Waals surface area (Å²) in [6.07, 6.45) is -0.663. The van der Waals surface area contributed by atoms with Gasteiger partial charge >= 0.3 is 58.4 Å². The minimum Gasteiger partial charge on any atom is -0.494 e. The Bertz CT molecular complexity index is 300. The van der Waals surface area contributed by atoms with Crippen molar-refractivity contribution in [2.24, 2.45) is 0 Å². The first-order valence-corrected chi connectivity index (χ1v) is 4.94. The molecule has 6 heteroatoms. The summed E-state index contributed by atoms with van der Waals surface area (Å²) in [5.74, 6) is 0.693. The van der Waals surface area contributed by atoms with Crippen molar-refractivity contribution in [2.75, 3.05) is 6.61 Å². The molecule has 0 radical (unpaired) electrons. The summed E-state index contributed by atoms with van der Waals surface area (Å²) in [6.45, 7) is -2.25. The van der Waals surface area contributed by atoms with Crippen LogP contribution >= 0.6 is 0 Å². The molecule has 0 atom stereocenters. The summed E-state index contributed by atoms with van der Waals surface area (Å²) in [4.78, 5) is 0. The van der Waals surface area contributed by atoms with E-state index in [1.165, 1.54) is 0 Å². The molecule has 1 rings (SSSR count). The van der Waals surface area contributed by atoms with Crippen LogP contribution in [0.2, 0.25) is 6.32 Å². The molecular formula is C10H13BF3KO. The fraction of sp³-hybridized carbons (Fsp3) is 0.400. The minimum absolute atomic E-state index is 0. The van der Waals surface area contributed by atoms with Gasteiger partial charge in [-0.15, -0.1) is 0 Å². The Morgan fingerprint density at radius 3 is 2.12 bits per heavy atom. The van der Waals surface area contributed by atoms with Crippen molar-refractivity contribution in [1.82, 2.24) is 0 Å². The van der Waals surface area contributed by atoms with Crippen LogP contribution in [0.25, 0.3) is 0 Å². The van der Waals surface area contributed by atoms with E-state index in [0.717, 1.165) is 0 Å². The summed E-state index contributed by atoms with van der Waals surface area (Å²) in [5, 5.41) is 0. The van der Waals surface area contributed by atoms with Crippen LogP contribution in [0.4, 0.5) is 12.9 Å². The van der Waals surface area contributed by atoms with E-state index in [-0.39, 0.29) is 57.8 Å². The molecule has 0 spiro atoms. The number of hydrogen-bond donors (Lipinski definition) is 0. The van der Waals surface area contributed by atoms with Gasteiger partial charge in [-0.2, -0.15) is 0 Å². The first-order valence-electron chi connectivity index (χ1n) is 4.94. The number of ether oxygens (including phenoxy) is 1. The van der Waals surface area contributed by atoms with Crippen molar-refractivity contribution in [3.63, 3.8) is 0 Å². The molecule has 0 saturated carbocycles. The first kappa shape index (κ1) is 16.5. The second kappa shape index (κ2) is 7.76. The molecule has 16 heavy (non-hydrogen) atoms. The summed E-state index contributed by atoms with van der Waals surface area (Å²) >= 11 is 0. The molecule has 0 amide bonds. The average molecular weight is 256 g/mol. The molecule has 0 aliphatic rings. The van der Waals surface area contributed by atoms with E-state index in [1.54, 1.807) is 24.3 Å². The Kier molecular flexibility index (Phi) is 8.01. The van der Waals surface area contributed by atoms with Gasteiger partial charge in [-0.05, 0) is 19.1 Å². The SMILES string of the molecule is CCOc1ccc(CC[B-](F)(F)F)cc1.[K+]. The molecule has 0 heterocycles. The monoisotopic (exact) mass is 256 g/mol. The van der Waals surface area contributed by atoms with Gasteiger partial charge in [0.1, 0.15) is 5.75 Å². The van der Waals surface area contributed by atoms with E-state index in [4.69, 9.17) is 4.74 Å². The Morgan fingerprint density at radius 2 is 1.69 bits per heavy atom. The fourth-order valence-corrected chi connectivity index (χ4v) is 1.25. The summed E-state index contributed by atoms with van der Waals surface area (Å²) in [6, 6.07) is 6.74. The second-order valence-electron chi connectivity index (χ2n) is 3.33. The number of hydrogen-bond acceptors (Lipinski definition) is 1. The standard InChI is InChI=1S/C10H13BF3O.K/c1-2-15-10-5-3-9(4-6-10)7-8-11(12,13)14;/h3-6H,2,7-8H2,1H3;/q-1;+1. The molecule has 0 bridgehead atoms. The zero-order chi connectivity index (χ0) is 11.3. The smallest absolute Gasteiger partial charge is 0.494 e. The minimum atomic E-state index is -4.68. The molecule has 0 unspecified atom stereocenters. The molecule has 0 aliphatic heterocycles. The van der Waals surface area contributed by atoms with E-state index in [1.807, 2.05) is 6.92 Å². The maximum atomic E-state index is 12.0. The largest absolute Gasteiger partial charge is 1.00 e. The van der Waals surface area contributed by atoms with Gasteiger partial charge in [0.25, 0.3) is 0 Å². The van der Waals surface area contributed by atoms with Crippen LogP contribution in [0, 0.1) is 0 Å². The van der Waals surface area contributed by atoms with E-state index in [0.29, 0.717) is 17.9 Å². The van der Waals surface area contributed by atoms with Crippen molar-refractivity contribution in [1.29, 1.82) is 0 Å². The fourth-order valence-electron chi connectivity index (χ4n) is 1.25. The quantitative estimate of drug-likeness (QED) is 0.696. The van der Waals surface area contributed by atoms with Crippen molar-refractivity contribution < 1.29 is 69.1 Å². The van der Waals surface area contributed by atoms with Gasteiger partial charge in [0.15, 0.2) is 0 Å². The van der Waals surface area contributed by atoms with Gasteiger partial charge in [0.2, 0.25) is 0 Å². The number of benzene rings is 1. The van der Waals surface area contributed by atoms with Crippen LogP contribution in [0.15, 0.2) is 24.3 Å². The van der Waals surface area contributed by atoms with Crippen molar-refractivity contribution in [3.8, 4) is 5.75 Å². The van der Waals surface area contributed by atoms with Crippen molar-refractivity contribution >= 4 is 6.98 Å². The van der Waals surface area contributed by atoms with Gasteiger partial charge < -0.3 is 17.7 Å². The molecule has 0 aromatic heterocycles. The van der Waals surface area contributed by atoms with Crippen LogP contribution in [-0.2, 0) is 6.42 Å². The second-order valence-corrected chi connectivity index (χ2v) is 3.33. The number of aryl methyl sites for hydroxylation is 1. The first-order chi connectivity index (χ1) is 7.01. The predicted molar refractivity (Wildman–Crippen MR) is 55.2 cm³/mol. The Morgan fingerprint density at radius 1 is 1.12 bits per heavy atom. The summed E-state index contributed by atoms with van der Waals surface area (Å²) in [7, 11) is 0. The van der Waals surface area contributed by atoms with Gasteiger partial charge in [-0.1, -0.05) is 30.4 Å². The van der Waals surface area contributed by atoms with E-state index < -0.39 is 13.3 Å². The van der Waals surface area contributed by atoms with Crippen molar-refractivity contribution in [3.05, 3.63) is 29.8 Å². The van der Waals surface area contributed by atoms with Gasteiger partial charge in [-0.25, -0.2) is 0 Å². The average Bonchev–Trinajstić information content (AvgIpc) is 2.16. The Balaban J connectivity index is 0.00000225. The molecule has 0 fully saturated rings. The Labute approximate surface area is 136 Å². The van der Waals surface area contributed by atoms with E-state index in [2.05, 4.69) is 0 Å². The van der Waals surface area contributed by atoms with E-state index >= 15 is 0 Å². The van der Waals surface area contributed by atoms with Crippen LogP contribution in [0.1, 0.15) is 12.5 Å². The number of rotatable bonds is 5. The zero-order valence-electron chi connectivity index (χ0n) is 9.55. The van der Waals surface area contributed by atoms with E-state index in [9.17, 15) is 12.9 Å². The summed E-state index contributed by atoms with van der Waals surface area (Å²) < 4.78 is 41.1. The summed E-state index contributed by atoms with van der Waals surface area (Å²) in [5.41, 5.74) is 0.692. The van der Waals surface area contributed by atoms with Crippen LogP contribution < -0.4 is 56.1 Å². The normalized spacial score (nSPS) is 10.8. The van der Waals surface area contributed by atoms with Crippen LogP contribution in [0.5, 0.6) is 5.75 Å². The van der Waals surface area contributed by atoms with Gasteiger partial charge in [0, 0.05) is 0 Å². The van der Waals surface area contributed by atoms with Crippen LogP contribution in [0.3, 0.4) is 0 Å². The third-order valence-electron chi connectivity index (χ3n) is 1.99. The third kappa shape index (κ3) is 6.96. The van der Waals surface area contributed by atoms with Gasteiger partial charge in [-0.3, -0.25) is 0 Å². The topological polar surface area (TPSA) is 9.23 Å². The maximum absolute atomic E-state index is 12.0. The van der Waals surface area contributed by atoms with Crippen molar-refractivity contribution in [2.45, 2.75) is 19.7 Å². The molecular weight excluding hydrogens is 243 g/mol.